The van der Waals surface area contributed by atoms with Gasteiger partial charge in [-0.15, -0.1) is 0 Å². The zero-order chi connectivity index (χ0) is 12.4. The minimum absolute atomic E-state index is 0.177. The van der Waals surface area contributed by atoms with E-state index in [1.54, 1.807) is 6.07 Å². The quantitative estimate of drug-likeness (QED) is 0.838. The van der Waals surface area contributed by atoms with Gasteiger partial charge in [-0.2, -0.15) is 0 Å². The minimum atomic E-state index is -0.763. The molecule has 92 valence electrons. The summed E-state index contributed by atoms with van der Waals surface area (Å²) in [4.78, 5) is 12.8. The first-order valence-electron chi connectivity index (χ1n) is 5.92. The zero-order valence-corrected chi connectivity index (χ0v) is 9.89. The van der Waals surface area contributed by atoms with Gasteiger partial charge in [0, 0.05) is 30.3 Å². The molecule has 1 aliphatic heterocycles. The van der Waals surface area contributed by atoms with Gasteiger partial charge in [0.2, 0.25) is 0 Å². The number of fused-ring (bicyclic) bond motifs is 1. The van der Waals surface area contributed by atoms with Gasteiger partial charge in [-0.3, -0.25) is 4.79 Å². The van der Waals surface area contributed by atoms with E-state index in [0.717, 1.165) is 24.2 Å². The Morgan fingerprint density at radius 1 is 1.53 bits per heavy atom. The van der Waals surface area contributed by atoms with Crippen LogP contribution in [-0.2, 0) is 11.2 Å². The van der Waals surface area contributed by atoms with Crippen LogP contribution in [-0.4, -0.2) is 28.8 Å². The highest BCUT2D eigenvalue weighted by Gasteiger charge is 2.29. The van der Waals surface area contributed by atoms with Gasteiger partial charge in [0.05, 0.1) is 0 Å². The Balaban J connectivity index is 2.19. The predicted octanol–water partition coefficient (Wildman–Crippen LogP) is 2.01. The number of likely N-dealkylation sites (N-methyl/N-ethyl adjacent to an activating group) is 1. The number of carboxylic acids is 1. The van der Waals surface area contributed by atoms with Crippen LogP contribution in [0.25, 0.3) is 0 Å². The lowest BCUT2D eigenvalue weighted by molar-refractivity contribution is -0.137. The average Bonchev–Trinajstić information content (AvgIpc) is 2.65. The van der Waals surface area contributed by atoms with Crippen LogP contribution in [0.3, 0.4) is 0 Å². The summed E-state index contributed by atoms with van der Waals surface area (Å²) in [7, 11) is 0. The number of carbonyl (C=O) groups is 1. The first-order chi connectivity index (χ1) is 8.13. The van der Waals surface area contributed by atoms with Gasteiger partial charge in [-0.25, -0.2) is 0 Å². The van der Waals surface area contributed by atoms with Crippen molar-refractivity contribution in [1.82, 2.24) is 0 Å². The molecule has 4 nitrogen and oxygen atoms in total. The van der Waals surface area contributed by atoms with Crippen molar-refractivity contribution in [2.24, 2.45) is 0 Å². The van der Waals surface area contributed by atoms with E-state index < -0.39 is 5.97 Å². The van der Waals surface area contributed by atoms with Crippen molar-refractivity contribution in [3.63, 3.8) is 0 Å². The molecule has 1 heterocycles. The fourth-order valence-corrected chi connectivity index (χ4v) is 2.56. The maximum atomic E-state index is 10.6. The summed E-state index contributed by atoms with van der Waals surface area (Å²) in [5, 5.41) is 18.5. The molecular weight excluding hydrogens is 218 g/mol. The molecule has 17 heavy (non-hydrogen) atoms. The smallest absolute Gasteiger partial charge is 0.303 e. The van der Waals surface area contributed by atoms with Crippen LogP contribution < -0.4 is 4.90 Å². The van der Waals surface area contributed by atoms with Crippen molar-refractivity contribution < 1.29 is 15.0 Å². The highest BCUT2D eigenvalue weighted by atomic mass is 16.4. The van der Waals surface area contributed by atoms with Crippen LogP contribution in [0.1, 0.15) is 25.3 Å². The van der Waals surface area contributed by atoms with Gasteiger partial charge in [0.1, 0.15) is 5.75 Å². The van der Waals surface area contributed by atoms with Gasteiger partial charge < -0.3 is 15.1 Å². The fourth-order valence-electron chi connectivity index (χ4n) is 2.56. The summed E-state index contributed by atoms with van der Waals surface area (Å²) in [5.74, 6) is -0.444. The van der Waals surface area contributed by atoms with Crippen LogP contribution in [0.15, 0.2) is 18.2 Å². The number of nitrogens with zero attached hydrogens (tertiary/aromatic N) is 1. The fraction of sp³-hybridized carbons (Fsp3) is 0.462. The Morgan fingerprint density at radius 3 is 2.94 bits per heavy atom. The monoisotopic (exact) mass is 235 g/mol. The third-order valence-electron chi connectivity index (χ3n) is 3.35. The highest BCUT2D eigenvalue weighted by molar-refractivity contribution is 5.68. The number of hydrogen-bond donors (Lipinski definition) is 2. The third-order valence-corrected chi connectivity index (χ3v) is 3.35. The van der Waals surface area contributed by atoms with Crippen molar-refractivity contribution in [2.75, 3.05) is 11.4 Å². The summed E-state index contributed by atoms with van der Waals surface area (Å²) < 4.78 is 0. The summed E-state index contributed by atoms with van der Waals surface area (Å²) in [5.41, 5.74) is 1.99. The number of phenols is 1. The number of phenolic OH excluding ortho intramolecular Hbond substituents is 1. The van der Waals surface area contributed by atoms with Gasteiger partial charge in [0.15, 0.2) is 0 Å². The molecule has 0 bridgehead atoms. The van der Waals surface area contributed by atoms with Gasteiger partial charge in [0.25, 0.3) is 0 Å². The summed E-state index contributed by atoms with van der Waals surface area (Å²) in [6.45, 7) is 2.88. The molecule has 1 aromatic rings. The molecule has 1 aromatic carbocycles. The third kappa shape index (κ3) is 2.20. The van der Waals surface area contributed by atoms with Crippen LogP contribution in [0, 0.1) is 0 Å². The van der Waals surface area contributed by atoms with Crippen LogP contribution in [0.5, 0.6) is 5.75 Å². The summed E-state index contributed by atoms with van der Waals surface area (Å²) in [6, 6.07) is 5.70. The number of hydrogen-bond acceptors (Lipinski definition) is 3. The van der Waals surface area contributed by atoms with Gasteiger partial charge in [-0.1, -0.05) is 6.07 Å². The van der Waals surface area contributed by atoms with E-state index in [1.807, 2.05) is 19.1 Å². The van der Waals surface area contributed by atoms with Crippen molar-refractivity contribution in [3.8, 4) is 5.75 Å². The topological polar surface area (TPSA) is 60.8 Å². The highest BCUT2D eigenvalue weighted by Crippen LogP contribution is 2.38. The number of anilines is 1. The van der Waals surface area contributed by atoms with E-state index >= 15 is 0 Å². The summed E-state index contributed by atoms with van der Waals surface area (Å²) in [6.07, 6.45) is 1.54. The second-order valence-electron chi connectivity index (χ2n) is 4.35. The lowest BCUT2D eigenvalue weighted by Crippen LogP contribution is -2.32. The molecule has 0 saturated heterocycles. The molecule has 1 atom stereocenters. The second-order valence-corrected chi connectivity index (χ2v) is 4.35. The van der Waals surface area contributed by atoms with Crippen molar-refractivity contribution in [1.29, 1.82) is 0 Å². The molecule has 1 aliphatic rings. The largest absolute Gasteiger partial charge is 0.508 e. The Labute approximate surface area is 100 Å². The molecule has 0 fully saturated rings. The van der Waals surface area contributed by atoms with Crippen molar-refractivity contribution >= 4 is 11.7 Å². The van der Waals surface area contributed by atoms with Gasteiger partial charge >= 0.3 is 5.97 Å². The molecule has 0 spiro atoms. The van der Waals surface area contributed by atoms with E-state index in [-0.39, 0.29) is 12.5 Å². The Hall–Kier alpha value is -1.71. The first-order valence-corrected chi connectivity index (χ1v) is 5.92. The normalized spacial score (nSPS) is 18.2. The van der Waals surface area contributed by atoms with Crippen LogP contribution in [0.2, 0.25) is 0 Å². The molecule has 0 amide bonds. The molecular formula is C13H17NO3. The summed E-state index contributed by atoms with van der Waals surface area (Å²) >= 11 is 0. The van der Waals surface area contributed by atoms with E-state index in [2.05, 4.69) is 4.90 Å². The van der Waals surface area contributed by atoms with Crippen molar-refractivity contribution in [3.05, 3.63) is 23.8 Å². The Kier molecular flexibility index (Phi) is 3.22. The first kappa shape index (κ1) is 11.8. The standard InChI is InChI=1S/C13H17NO3/c1-2-14-9(6-7-13(16)17)8-10-11(14)4-3-5-12(10)15/h3-5,9,15H,2,6-8H2,1H3,(H,16,17). The SMILES string of the molecule is CCN1c2cccc(O)c2CC1CCC(=O)O. The molecule has 0 aromatic heterocycles. The Morgan fingerprint density at radius 2 is 2.29 bits per heavy atom. The maximum absolute atomic E-state index is 10.6. The molecule has 0 saturated carbocycles. The minimum Gasteiger partial charge on any atom is -0.508 e. The number of aromatic hydroxyl groups is 1. The van der Waals surface area contributed by atoms with E-state index in [0.29, 0.717) is 12.2 Å². The predicted molar refractivity (Wildman–Crippen MR) is 65.5 cm³/mol. The molecule has 2 rings (SSSR count). The number of rotatable bonds is 4. The number of benzene rings is 1. The average molecular weight is 235 g/mol. The number of aliphatic carboxylic acids is 1. The van der Waals surface area contributed by atoms with Crippen molar-refractivity contribution in [2.45, 2.75) is 32.2 Å². The van der Waals surface area contributed by atoms with Gasteiger partial charge in [-0.05, 0) is 31.9 Å². The second kappa shape index (κ2) is 4.65. The Bertz CT molecular complexity index is 431. The van der Waals surface area contributed by atoms with E-state index in [9.17, 15) is 9.90 Å². The van der Waals surface area contributed by atoms with Crippen LogP contribution >= 0.6 is 0 Å². The van der Waals surface area contributed by atoms with E-state index in [1.165, 1.54) is 0 Å². The number of carboxylic acid groups (broad SMARTS) is 1. The van der Waals surface area contributed by atoms with Crippen LogP contribution in [0.4, 0.5) is 5.69 Å². The zero-order valence-electron chi connectivity index (χ0n) is 9.89. The van der Waals surface area contributed by atoms with E-state index in [4.69, 9.17) is 5.11 Å². The molecule has 4 heteroatoms. The molecule has 0 aliphatic carbocycles. The maximum Gasteiger partial charge on any atom is 0.303 e. The lowest BCUT2D eigenvalue weighted by atomic mass is 10.1. The molecule has 1 unspecified atom stereocenters. The molecule has 0 radical (unpaired) electrons. The lowest BCUT2D eigenvalue weighted by Gasteiger charge is -2.25. The molecule has 2 N–H and O–H groups in total.